The van der Waals surface area contributed by atoms with Crippen molar-refractivity contribution in [1.29, 1.82) is 0 Å². The molecular formula is C10H19N3O. The van der Waals surface area contributed by atoms with Crippen molar-refractivity contribution < 1.29 is 5.11 Å². The number of aliphatic hydroxyl groups is 1. The molecule has 0 aliphatic carbocycles. The van der Waals surface area contributed by atoms with Gasteiger partial charge in [0.25, 0.3) is 0 Å². The third-order valence-corrected chi connectivity index (χ3v) is 2.29. The number of nitrogens with zero attached hydrogens (tertiary/aromatic N) is 2. The van der Waals surface area contributed by atoms with Gasteiger partial charge in [0.1, 0.15) is 11.4 Å². The van der Waals surface area contributed by atoms with Crippen molar-refractivity contribution in [2.45, 2.75) is 38.8 Å². The Morgan fingerprint density at radius 2 is 2.36 bits per heavy atom. The highest BCUT2D eigenvalue weighted by molar-refractivity contribution is 5.03. The standard InChI is InChI=1S/C10H19N3O/c1-3-7-13-8-6-12-9(13)10(2,14)4-5-11/h6,8,14H,3-5,7,11H2,1-2H3. The maximum Gasteiger partial charge on any atom is 0.140 e. The predicted octanol–water partition coefficient (Wildman–Crippen LogP) is 0.849. The van der Waals surface area contributed by atoms with Crippen LogP contribution in [0.4, 0.5) is 0 Å². The minimum absolute atomic E-state index is 0.464. The molecule has 14 heavy (non-hydrogen) atoms. The first kappa shape index (κ1) is 11.2. The Bertz CT molecular complexity index is 281. The van der Waals surface area contributed by atoms with Crippen molar-refractivity contribution in [3.8, 4) is 0 Å². The van der Waals surface area contributed by atoms with Gasteiger partial charge >= 0.3 is 0 Å². The quantitative estimate of drug-likeness (QED) is 0.735. The Morgan fingerprint density at radius 1 is 1.64 bits per heavy atom. The number of imidazole rings is 1. The number of aromatic nitrogens is 2. The molecule has 0 bridgehead atoms. The molecular weight excluding hydrogens is 178 g/mol. The van der Waals surface area contributed by atoms with Gasteiger partial charge in [0.2, 0.25) is 0 Å². The lowest BCUT2D eigenvalue weighted by Crippen LogP contribution is -2.29. The molecule has 1 atom stereocenters. The zero-order chi connectivity index (χ0) is 10.6. The summed E-state index contributed by atoms with van der Waals surface area (Å²) in [4.78, 5) is 4.18. The lowest BCUT2D eigenvalue weighted by molar-refractivity contribution is 0.0373. The molecule has 1 heterocycles. The Hall–Kier alpha value is -0.870. The van der Waals surface area contributed by atoms with Gasteiger partial charge in [-0.3, -0.25) is 0 Å². The van der Waals surface area contributed by atoms with Crippen LogP contribution in [0.3, 0.4) is 0 Å². The van der Waals surface area contributed by atoms with E-state index in [4.69, 9.17) is 5.73 Å². The van der Waals surface area contributed by atoms with Gasteiger partial charge in [0.05, 0.1) is 0 Å². The third kappa shape index (κ3) is 2.33. The number of hydrogen-bond acceptors (Lipinski definition) is 3. The van der Waals surface area contributed by atoms with Crippen LogP contribution in [0.2, 0.25) is 0 Å². The SMILES string of the molecule is CCCn1ccnc1C(C)(O)CCN. The van der Waals surface area contributed by atoms with Gasteiger partial charge in [-0.2, -0.15) is 0 Å². The highest BCUT2D eigenvalue weighted by Crippen LogP contribution is 2.22. The lowest BCUT2D eigenvalue weighted by atomic mass is 10.0. The van der Waals surface area contributed by atoms with Crippen LogP contribution in [-0.2, 0) is 12.1 Å². The maximum atomic E-state index is 10.1. The second-order valence-electron chi connectivity index (χ2n) is 3.76. The summed E-state index contributed by atoms with van der Waals surface area (Å²) in [5.74, 6) is 0.713. The van der Waals surface area contributed by atoms with Gasteiger partial charge in [-0.15, -0.1) is 0 Å². The minimum Gasteiger partial charge on any atom is -0.382 e. The first-order chi connectivity index (χ1) is 6.61. The van der Waals surface area contributed by atoms with Crippen LogP contribution in [0, 0.1) is 0 Å². The molecule has 0 spiro atoms. The fraction of sp³-hybridized carbons (Fsp3) is 0.700. The zero-order valence-corrected chi connectivity index (χ0v) is 8.90. The second kappa shape index (κ2) is 4.57. The molecule has 0 aliphatic heterocycles. The summed E-state index contributed by atoms with van der Waals surface area (Å²) >= 11 is 0. The van der Waals surface area contributed by atoms with Gasteiger partial charge in [-0.05, 0) is 26.3 Å². The summed E-state index contributed by atoms with van der Waals surface area (Å²) < 4.78 is 1.98. The summed E-state index contributed by atoms with van der Waals surface area (Å²) in [6, 6.07) is 0. The number of aryl methyl sites for hydroxylation is 1. The Kier molecular flexibility index (Phi) is 3.66. The molecule has 1 rings (SSSR count). The Balaban J connectivity index is 2.87. The van der Waals surface area contributed by atoms with Crippen LogP contribution < -0.4 is 5.73 Å². The molecule has 1 unspecified atom stereocenters. The van der Waals surface area contributed by atoms with Gasteiger partial charge < -0.3 is 15.4 Å². The van der Waals surface area contributed by atoms with Crippen LogP contribution in [-0.4, -0.2) is 21.2 Å². The van der Waals surface area contributed by atoms with E-state index in [9.17, 15) is 5.11 Å². The van der Waals surface area contributed by atoms with E-state index in [1.54, 1.807) is 13.1 Å². The van der Waals surface area contributed by atoms with Crippen molar-refractivity contribution in [3.05, 3.63) is 18.2 Å². The van der Waals surface area contributed by atoms with Gasteiger partial charge in [0.15, 0.2) is 0 Å². The Morgan fingerprint density at radius 3 is 2.93 bits per heavy atom. The van der Waals surface area contributed by atoms with E-state index < -0.39 is 5.60 Å². The van der Waals surface area contributed by atoms with E-state index in [0.29, 0.717) is 18.8 Å². The van der Waals surface area contributed by atoms with Crippen LogP contribution in [0.25, 0.3) is 0 Å². The number of nitrogens with two attached hydrogens (primary N) is 1. The largest absolute Gasteiger partial charge is 0.382 e. The molecule has 4 nitrogen and oxygen atoms in total. The molecule has 1 aromatic heterocycles. The summed E-state index contributed by atoms with van der Waals surface area (Å²) in [5, 5.41) is 10.1. The molecule has 0 saturated carbocycles. The van der Waals surface area contributed by atoms with E-state index in [1.165, 1.54) is 0 Å². The summed E-state index contributed by atoms with van der Waals surface area (Å²) in [7, 11) is 0. The second-order valence-corrected chi connectivity index (χ2v) is 3.76. The molecule has 0 amide bonds. The van der Waals surface area contributed by atoms with Crippen molar-refractivity contribution in [3.63, 3.8) is 0 Å². The average Bonchev–Trinajstić information content (AvgIpc) is 2.53. The van der Waals surface area contributed by atoms with E-state index >= 15 is 0 Å². The molecule has 0 radical (unpaired) electrons. The summed E-state index contributed by atoms with van der Waals surface area (Å²) in [6.45, 7) is 5.21. The zero-order valence-electron chi connectivity index (χ0n) is 8.90. The third-order valence-electron chi connectivity index (χ3n) is 2.29. The normalized spacial score (nSPS) is 15.4. The molecule has 0 fully saturated rings. The Labute approximate surface area is 84.8 Å². The van der Waals surface area contributed by atoms with Crippen molar-refractivity contribution in [2.75, 3.05) is 6.54 Å². The van der Waals surface area contributed by atoms with Crippen LogP contribution in [0.5, 0.6) is 0 Å². The summed E-state index contributed by atoms with van der Waals surface area (Å²) in [5.41, 5.74) is 4.54. The summed E-state index contributed by atoms with van der Waals surface area (Å²) in [6.07, 6.45) is 5.18. The monoisotopic (exact) mass is 197 g/mol. The fourth-order valence-electron chi connectivity index (χ4n) is 1.59. The predicted molar refractivity (Wildman–Crippen MR) is 55.8 cm³/mol. The van der Waals surface area contributed by atoms with Crippen molar-refractivity contribution >= 4 is 0 Å². The molecule has 3 N–H and O–H groups in total. The smallest absolute Gasteiger partial charge is 0.140 e. The van der Waals surface area contributed by atoms with E-state index in [0.717, 1.165) is 13.0 Å². The van der Waals surface area contributed by atoms with Crippen LogP contribution >= 0.6 is 0 Å². The van der Waals surface area contributed by atoms with E-state index in [1.807, 2.05) is 10.8 Å². The lowest BCUT2D eigenvalue weighted by Gasteiger charge is -2.22. The first-order valence-corrected chi connectivity index (χ1v) is 5.06. The molecule has 0 aliphatic rings. The van der Waals surface area contributed by atoms with Crippen molar-refractivity contribution in [1.82, 2.24) is 9.55 Å². The van der Waals surface area contributed by atoms with Gasteiger partial charge in [0, 0.05) is 18.9 Å². The minimum atomic E-state index is -0.909. The number of hydrogen-bond donors (Lipinski definition) is 2. The number of rotatable bonds is 5. The molecule has 0 aromatic carbocycles. The molecule has 1 aromatic rings. The maximum absolute atomic E-state index is 10.1. The highest BCUT2D eigenvalue weighted by atomic mass is 16.3. The topological polar surface area (TPSA) is 64.1 Å². The average molecular weight is 197 g/mol. The van der Waals surface area contributed by atoms with E-state index in [2.05, 4.69) is 11.9 Å². The van der Waals surface area contributed by atoms with E-state index in [-0.39, 0.29) is 0 Å². The molecule has 80 valence electrons. The van der Waals surface area contributed by atoms with Gasteiger partial charge in [-0.25, -0.2) is 4.98 Å². The molecule has 0 saturated heterocycles. The van der Waals surface area contributed by atoms with Crippen molar-refractivity contribution in [2.24, 2.45) is 5.73 Å². The van der Waals surface area contributed by atoms with Gasteiger partial charge in [-0.1, -0.05) is 6.92 Å². The molecule has 4 heteroatoms. The first-order valence-electron chi connectivity index (χ1n) is 5.06. The van der Waals surface area contributed by atoms with Crippen LogP contribution in [0.1, 0.15) is 32.5 Å². The van der Waals surface area contributed by atoms with Crippen LogP contribution in [0.15, 0.2) is 12.4 Å². The fourth-order valence-corrected chi connectivity index (χ4v) is 1.59. The highest BCUT2D eigenvalue weighted by Gasteiger charge is 2.26.